The molecule has 0 bridgehead atoms. The summed E-state index contributed by atoms with van der Waals surface area (Å²) in [6.45, 7) is 0.422. The van der Waals surface area contributed by atoms with E-state index < -0.39 is 28.5 Å². The summed E-state index contributed by atoms with van der Waals surface area (Å²) in [7, 11) is -0.641. The van der Waals surface area contributed by atoms with Crippen molar-refractivity contribution in [2.24, 2.45) is 0 Å². The lowest BCUT2D eigenvalue weighted by molar-refractivity contribution is -0.119. The maximum absolute atomic E-state index is 12.9. The van der Waals surface area contributed by atoms with Crippen LogP contribution in [-0.2, 0) is 24.3 Å². The highest BCUT2D eigenvalue weighted by Gasteiger charge is 2.27. The standard InChI is InChI=1S/C32H29N3O9S/c1-40-24-9-3-21(4-10-24)29-27(19-33)31(44-30(29)22-5-11-25(41-2)12-6-22)34-28(36)20-43-32(37)23-7-13-26(14-8-23)45(38,39)35-15-17-42-18-16-35/h3-14H,15-18,20H2,1-2H3,(H,34,36). The second-order valence-corrected chi connectivity index (χ2v) is 11.7. The number of sulfonamides is 1. The zero-order valence-corrected chi connectivity index (χ0v) is 25.3. The van der Waals surface area contributed by atoms with Crippen LogP contribution in [0.1, 0.15) is 15.9 Å². The third-order valence-electron chi connectivity index (χ3n) is 7.04. The summed E-state index contributed by atoms with van der Waals surface area (Å²) >= 11 is 0. The number of nitrogens with zero attached hydrogens (tertiary/aromatic N) is 2. The van der Waals surface area contributed by atoms with E-state index in [1.54, 1.807) is 62.8 Å². The van der Waals surface area contributed by atoms with Gasteiger partial charge in [0.2, 0.25) is 15.9 Å². The van der Waals surface area contributed by atoms with Gasteiger partial charge in [0.15, 0.2) is 6.61 Å². The molecule has 0 atom stereocenters. The lowest BCUT2D eigenvalue weighted by atomic mass is 9.98. The summed E-state index contributed by atoms with van der Waals surface area (Å²) in [5, 5.41) is 12.6. The Morgan fingerprint density at radius 2 is 1.47 bits per heavy atom. The molecular formula is C32H29N3O9S. The minimum Gasteiger partial charge on any atom is -0.497 e. The first-order valence-corrected chi connectivity index (χ1v) is 15.2. The van der Waals surface area contributed by atoms with E-state index >= 15 is 0 Å². The van der Waals surface area contributed by atoms with E-state index in [1.165, 1.54) is 28.6 Å². The highest BCUT2D eigenvalue weighted by molar-refractivity contribution is 7.89. The number of methoxy groups -OCH3 is 2. The molecule has 0 aliphatic carbocycles. The van der Waals surface area contributed by atoms with E-state index in [0.717, 1.165) is 0 Å². The van der Waals surface area contributed by atoms with Gasteiger partial charge in [0.1, 0.15) is 28.9 Å². The quantitative estimate of drug-likeness (QED) is 0.250. The number of nitrogens with one attached hydrogen (secondary N) is 1. The highest BCUT2D eigenvalue weighted by Crippen LogP contribution is 2.42. The molecule has 1 N–H and O–H groups in total. The van der Waals surface area contributed by atoms with Crippen molar-refractivity contribution in [2.75, 3.05) is 52.4 Å². The van der Waals surface area contributed by atoms with E-state index in [1.807, 2.05) is 0 Å². The predicted octanol–water partition coefficient (Wildman–Crippen LogP) is 4.32. The number of carbonyl (C=O) groups is 2. The van der Waals surface area contributed by atoms with Gasteiger partial charge in [-0.3, -0.25) is 10.1 Å². The minimum absolute atomic E-state index is 0.0286. The summed E-state index contributed by atoms with van der Waals surface area (Å²) in [6, 6.07) is 21.4. The van der Waals surface area contributed by atoms with Crippen molar-refractivity contribution in [3.63, 3.8) is 0 Å². The normalized spacial score (nSPS) is 13.4. The summed E-state index contributed by atoms with van der Waals surface area (Å²) in [5.74, 6) is -0.122. The third-order valence-corrected chi connectivity index (χ3v) is 8.95. The second-order valence-electron chi connectivity index (χ2n) is 9.74. The van der Waals surface area contributed by atoms with Crippen LogP contribution in [0.5, 0.6) is 11.5 Å². The van der Waals surface area contributed by atoms with Gasteiger partial charge in [-0.1, -0.05) is 12.1 Å². The van der Waals surface area contributed by atoms with Gasteiger partial charge < -0.3 is 23.4 Å². The van der Waals surface area contributed by atoms with Gasteiger partial charge in [-0.05, 0) is 66.2 Å². The SMILES string of the molecule is COc1ccc(-c2oc(NC(=O)COC(=O)c3ccc(S(=O)(=O)N4CCOCC4)cc3)c(C#N)c2-c2ccc(OC)cc2)cc1. The van der Waals surface area contributed by atoms with Crippen LogP contribution in [0.25, 0.3) is 22.5 Å². The molecule has 0 spiro atoms. The number of ether oxygens (including phenoxy) is 4. The summed E-state index contributed by atoms with van der Waals surface area (Å²) in [4.78, 5) is 25.5. The maximum atomic E-state index is 12.9. The number of carbonyl (C=O) groups excluding carboxylic acids is 2. The first-order chi connectivity index (χ1) is 21.7. The van der Waals surface area contributed by atoms with Crippen LogP contribution in [0, 0.1) is 11.3 Å². The molecule has 1 aliphatic rings. The van der Waals surface area contributed by atoms with E-state index in [9.17, 15) is 23.3 Å². The van der Waals surface area contributed by atoms with Crippen LogP contribution in [-0.4, -0.2) is 71.7 Å². The Kier molecular flexibility index (Phi) is 9.48. The number of anilines is 1. The average Bonchev–Trinajstić information content (AvgIpc) is 3.45. The fraction of sp³-hybridized carbons (Fsp3) is 0.219. The zero-order chi connectivity index (χ0) is 32.0. The summed E-state index contributed by atoms with van der Waals surface area (Å²) < 4.78 is 53.9. The molecule has 45 heavy (non-hydrogen) atoms. The fourth-order valence-corrected chi connectivity index (χ4v) is 6.09. The summed E-state index contributed by atoms with van der Waals surface area (Å²) in [6.07, 6.45) is 0. The predicted molar refractivity (Wildman–Crippen MR) is 162 cm³/mol. The minimum atomic E-state index is -3.73. The third kappa shape index (κ3) is 6.83. The van der Waals surface area contributed by atoms with Gasteiger partial charge in [-0.25, -0.2) is 13.2 Å². The van der Waals surface area contributed by atoms with Gasteiger partial charge in [-0.15, -0.1) is 0 Å². The molecule has 13 heteroatoms. The lowest BCUT2D eigenvalue weighted by Gasteiger charge is -2.26. The van der Waals surface area contributed by atoms with Crippen molar-refractivity contribution in [3.8, 4) is 40.0 Å². The van der Waals surface area contributed by atoms with Crippen LogP contribution < -0.4 is 14.8 Å². The number of furan rings is 1. The number of rotatable bonds is 10. The Morgan fingerprint density at radius 3 is 2.02 bits per heavy atom. The number of hydrogen-bond acceptors (Lipinski definition) is 10. The Hall–Kier alpha value is -5.16. The number of esters is 1. The van der Waals surface area contributed by atoms with Crippen molar-refractivity contribution in [3.05, 3.63) is 83.9 Å². The van der Waals surface area contributed by atoms with E-state index in [4.69, 9.17) is 23.4 Å². The summed E-state index contributed by atoms with van der Waals surface area (Å²) in [5.41, 5.74) is 1.85. The molecule has 3 aromatic carbocycles. The molecule has 1 fully saturated rings. The molecule has 1 saturated heterocycles. The number of benzene rings is 3. The van der Waals surface area contributed by atoms with Crippen LogP contribution >= 0.6 is 0 Å². The molecule has 5 rings (SSSR count). The molecule has 2 heterocycles. The molecular weight excluding hydrogens is 602 g/mol. The molecule has 0 saturated carbocycles. The molecule has 232 valence electrons. The molecule has 12 nitrogen and oxygen atoms in total. The van der Waals surface area contributed by atoms with Gasteiger partial charge in [0, 0.05) is 24.2 Å². The van der Waals surface area contributed by atoms with E-state index in [-0.39, 0.29) is 35.0 Å². The van der Waals surface area contributed by atoms with E-state index in [0.29, 0.717) is 47.2 Å². The van der Waals surface area contributed by atoms with Crippen molar-refractivity contribution in [1.82, 2.24) is 4.31 Å². The highest BCUT2D eigenvalue weighted by atomic mass is 32.2. The maximum Gasteiger partial charge on any atom is 0.338 e. The first-order valence-electron chi connectivity index (χ1n) is 13.8. The number of hydrogen-bond donors (Lipinski definition) is 1. The average molecular weight is 632 g/mol. The number of nitriles is 1. The van der Waals surface area contributed by atoms with Gasteiger partial charge >= 0.3 is 5.97 Å². The van der Waals surface area contributed by atoms with Crippen LogP contribution in [0.15, 0.2) is 82.1 Å². The number of morpholine rings is 1. The van der Waals surface area contributed by atoms with Gasteiger partial charge in [0.05, 0.1) is 37.9 Å². The van der Waals surface area contributed by atoms with Crippen molar-refractivity contribution < 1.29 is 41.4 Å². The monoisotopic (exact) mass is 631 g/mol. The second kappa shape index (κ2) is 13.6. The smallest absolute Gasteiger partial charge is 0.338 e. The Balaban J connectivity index is 1.32. The number of amides is 1. The van der Waals surface area contributed by atoms with Crippen LogP contribution in [0.2, 0.25) is 0 Å². The molecule has 1 aromatic heterocycles. The zero-order valence-electron chi connectivity index (χ0n) is 24.4. The van der Waals surface area contributed by atoms with Gasteiger partial charge in [-0.2, -0.15) is 9.57 Å². The molecule has 4 aromatic rings. The Labute approximate surface area is 259 Å². The van der Waals surface area contributed by atoms with Gasteiger partial charge in [0.25, 0.3) is 5.91 Å². The Bertz CT molecular complexity index is 1820. The van der Waals surface area contributed by atoms with Crippen molar-refractivity contribution in [2.45, 2.75) is 4.90 Å². The fourth-order valence-electron chi connectivity index (χ4n) is 4.68. The molecule has 0 unspecified atom stereocenters. The lowest BCUT2D eigenvalue weighted by Crippen LogP contribution is -2.40. The largest absolute Gasteiger partial charge is 0.497 e. The molecule has 1 amide bonds. The molecule has 1 aliphatic heterocycles. The van der Waals surface area contributed by atoms with Crippen LogP contribution in [0.4, 0.5) is 5.88 Å². The van der Waals surface area contributed by atoms with Crippen molar-refractivity contribution in [1.29, 1.82) is 5.26 Å². The topological polar surface area (TPSA) is 157 Å². The molecule has 0 radical (unpaired) electrons. The van der Waals surface area contributed by atoms with E-state index in [2.05, 4.69) is 11.4 Å². The Morgan fingerprint density at radius 1 is 0.889 bits per heavy atom. The van der Waals surface area contributed by atoms with Crippen LogP contribution in [0.3, 0.4) is 0 Å². The van der Waals surface area contributed by atoms with Crippen molar-refractivity contribution >= 4 is 27.8 Å². The first kappa shape index (κ1) is 31.3.